The van der Waals surface area contributed by atoms with Gasteiger partial charge in [-0.3, -0.25) is 0 Å². The minimum absolute atomic E-state index is 0.0265. The van der Waals surface area contributed by atoms with Gasteiger partial charge in [-0.05, 0) is 54.8 Å². The van der Waals surface area contributed by atoms with Crippen LogP contribution < -0.4 is 19.9 Å². The Labute approximate surface area is 206 Å². The lowest BCUT2D eigenvalue weighted by atomic mass is 9.83. The first-order valence-corrected chi connectivity index (χ1v) is 11.6. The predicted molar refractivity (Wildman–Crippen MR) is 131 cm³/mol. The Kier molecular flexibility index (Phi) is 6.90. The summed E-state index contributed by atoms with van der Waals surface area (Å²) in [7, 11) is 0. The van der Waals surface area contributed by atoms with E-state index in [9.17, 15) is 10.1 Å². The molecular weight excluding hydrogens is 496 g/mol. The zero-order chi connectivity index (χ0) is 24.2. The second kappa shape index (κ2) is 10.0. The van der Waals surface area contributed by atoms with Crippen molar-refractivity contribution < 1.29 is 19.0 Å². The number of nitrogens with two attached hydrogens (primary N) is 1. The van der Waals surface area contributed by atoms with Crippen molar-refractivity contribution in [3.05, 3.63) is 99.3 Å². The molecule has 0 amide bonds. The molecule has 7 heteroatoms. The van der Waals surface area contributed by atoms with Crippen LogP contribution >= 0.6 is 15.9 Å². The number of halogens is 1. The molecule has 34 heavy (non-hydrogen) atoms. The molecule has 3 aromatic carbocycles. The molecule has 3 aromatic rings. The number of ether oxygens (including phenoxy) is 3. The van der Waals surface area contributed by atoms with Gasteiger partial charge in [0.1, 0.15) is 28.9 Å². The Balaban J connectivity index is 1.54. The fourth-order valence-corrected chi connectivity index (χ4v) is 4.02. The normalized spacial score (nSPS) is 15.5. The molecule has 0 bridgehead atoms. The molecule has 0 fully saturated rings. The van der Waals surface area contributed by atoms with Crippen molar-refractivity contribution in [2.45, 2.75) is 32.3 Å². The zero-order valence-corrected chi connectivity index (χ0v) is 20.3. The van der Waals surface area contributed by atoms with Crippen molar-refractivity contribution in [3.63, 3.8) is 0 Å². The highest BCUT2D eigenvalue weighted by Gasteiger charge is 2.31. The maximum absolute atomic E-state index is 12.6. The minimum atomic E-state index is -0.810. The number of nitrogens with zero attached hydrogens (tertiary/aromatic N) is 1. The van der Waals surface area contributed by atoms with Gasteiger partial charge in [-0.25, -0.2) is 4.79 Å². The first-order chi connectivity index (χ1) is 16.4. The minimum Gasteiger partial charge on any atom is -0.479 e. The number of rotatable bonds is 6. The highest BCUT2D eigenvalue weighted by molar-refractivity contribution is 9.10. The summed E-state index contributed by atoms with van der Waals surface area (Å²) in [4.78, 5) is 12.6. The standard InChI is InChI=1S/C27H23BrN2O4/c1-3-17-4-10-20(11-5-17)32-16(2)27(31)33-21-12-13-22-24(14-21)34-26(30)23(15-29)25(22)18-6-8-19(28)9-7-18/h4-14,16,25H,3,30H2,1-2H3. The number of fused-ring (bicyclic) bond motifs is 1. The van der Waals surface area contributed by atoms with Gasteiger partial charge >= 0.3 is 5.97 Å². The van der Waals surface area contributed by atoms with Gasteiger partial charge in [0.25, 0.3) is 0 Å². The lowest BCUT2D eigenvalue weighted by Gasteiger charge is -2.26. The summed E-state index contributed by atoms with van der Waals surface area (Å²) >= 11 is 3.43. The van der Waals surface area contributed by atoms with Crippen LogP contribution in [-0.4, -0.2) is 12.1 Å². The molecule has 2 unspecified atom stereocenters. The third-order valence-electron chi connectivity index (χ3n) is 5.59. The molecule has 0 saturated heterocycles. The van der Waals surface area contributed by atoms with E-state index in [1.807, 2.05) is 48.5 Å². The highest BCUT2D eigenvalue weighted by Crippen LogP contribution is 2.43. The molecule has 2 N–H and O–H groups in total. The van der Waals surface area contributed by atoms with Crippen molar-refractivity contribution in [2.24, 2.45) is 5.73 Å². The number of aryl methyl sites for hydroxylation is 1. The summed E-state index contributed by atoms with van der Waals surface area (Å²) < 4.78 is 17.9. The quantitative estimate of drug-likeness (QED) is 0.337. The number of carbonyl (C=O) groups is 1. The van der Waals surface area contributed by atoms with E-state index < -0.39 is 12.1 Å². The van der Waals surface area contributed by atoms with Crippen molar-refractivity contribution in [1.82, 2.24) is 0 Å². The highest BCUT2D eigenvalue weighted by atomic mass is 79.9. The SMILES string of the molecule is CCc1ccc(OC(C)C(=O)Oc2ccc3c(c2)OC(N)=C(C#N)C3c2ccc(Br)cc2)cc1. The first kappa shape index (κ1) is 23.4. The van der Waals surface area contributed by atoms with Gasteiger partial charge in [-0.2, -0.15) is 5.26 Å². The van der Waals surface area contributed by atoms with E-state index in [2.05, 4.69) is 28.9 Å². The third kappa shape index (κ3) is 4.92. The van der Waals surface area contributed by atoms with Crippen LogP contribution in [0, 0.1) is 11.3 Å². The number of carbonyl (C=O) groups excluding carboxylic acids is 1. The maximum Gasteiger partial charge on any atom is 0.352 e. The predicted octanol–water partition coefficient (Wildman–Crippen LogP) is 5.60. The Morgan fingerprint density at radius 1 is 1.12 bits per heavy atom. The number of nitriles is 1. The van der Waals surface area contributed by atoms with Crippen LogP contribution in [0.25, 0.3) is 0 Å². The molecular formula is C27H23BrN2O4. The average Bonchev–Trinajstić information content (AvgIpc) is 2.84. The van der Waals surface area contributed by atoms with Crippen molar-refractivity contribution in [1.29, 1.82) is 5.26 Å². The molecule has 0 spiro atoms. The molecule has 1 aliphatic heterocycles. The van der Waals surface area contributed by atoms with E-state index in [1.54, 1.807) is 25.1 Å². The number of benzene rings is 3. The van der Waals surface area contributed by atoms with E-state index in [-0.39, 0.29) is 11.8 Å². The second-order valence-corrected chi connectivity index (χ2v) is 8.77. The molecule has 2 atom stereocenters. The van der Waals surface area contributed by atoms with E-state index in [0.29, 0.717) is 22.8 Å². The fraction of sp³-hybridized carbons (Fsp3) is 0.185. The first-order valence-electron chi connectivity index (χ1n) is 10.8. The molecule has 0 aromatic heterocycles. The summed E-state index contributed by atoms with van der Waals surface area (Å²) in [5, 5.41) is 9.70. The van der Waals surface area contributed by atoms with E-state index in [4.69, 9.17) is 19.9 Å². The lowest BCUT2D eigenvalue weighted by Crippen LogP contribution is -2.28. The Hall–Kier alpha value is -3.76. The van der Waals surface area contributed by atoms with Gasteiger partial charge in [0, 0.05) is 16.1 Å². The van der Waals surface area contributed by atoms with E-state index in [1.165, 1.54) is 5.56 Å². The number of hydrogen-bond acceptors (Lipinski definition) is 6. The van der Waals surface area contributed by atoms with Crippen molar-refractivity contribution in [3.8, 4) is 23.3 Å². The molecule has 0 saturated carbocycles. The largest absolute Gasteiger partial charge is 0.479 e. The van der Waals surface area contributed by atoms with Crippen LogP contribution in [0.3, 0.4) is 0 Å². The molecule has 0 radical (unpaired) electrons. The second-order valence-electron chi connectivity index (χ2n) is 7.85. The Bertz CT molecular complexity index is 1280. The molecule has 0 aliphatic carbocycles. The van der Waals surface area contributed by atoms with Gasteiger partial charge in [0.2, 0.25) is 5.88 Å². The van der Waals surface area contributed by atoms with E-state index in [0.717, 1.165) is 22.0 Å². The Morgan fingerprint density at radius 3 is 2.44 bits per heavy atom. The Morgan fingerprint density at radius 2 is 1.79 bits per heavy atom. The van der Waals surface area contributed by atoms with Crippen LogP contribution in [-0.2, 0) is 11.2 Å². The van der Waals surface area contributed by atoms with E-state index >= 15 is 0 Å². The fourth-order valence-electron chi connectivity index (χ4n) is 3.75. The topological polar surface area (TPSA) is 94.6 Å². The van der Waals surface area contributed by atoms with Crippen LogP contribution in [0.1, 0.15) is 36.5 Å². The molecule has 172 valence electrons. The zero-order valence-electron chi connectivity index (χ0n) is 18.7. The molecule has 4 rings (SSSR count). The number of esters is 1. The summed E-state index contributed by atoms with van der Waals surface area (Å²) in [5.74, 6) is 0.413. The summed E-state index contributed by atoms with van der Waals surface area (Å²) in [6.45, 7) is 3.71. The third-order valence-corrected chi connectivity index (χ3v) is 6.12. The maximum atomic E-state index is 12.6. The van der Waals surface area contributed by atoms with Crippen LogP contribution in [0.5, 0.6) is 17.2 Å². The van der Waals surface area contributed by atoms with Crippen molar-refractivity contribution >= 4 is 21.9 Å². The van der Waals surface area contributed by atoms with Gasteiger partial charge in [0.05, 0.1) is 5.92 Å². The number of hydrogen-bond donors (Lipinski definition) is 1. The summed E-state index contributed by atoms with van der Waals surface area (Å²) in [5.41, 5.74) is 9.24. The van der Waals surface area contributed by atoms with Gasteiger partial charge in [-0.15, -0.1) is 0 Å². The monoisotopic (exact) mass is 518 g/mol. The van der Waals surface area contributed by atoms with Crippen LogP contribution in [0.15, 0.2) is 82.7 Å². The van der Waals surface area contributed by atoms with Crippen LogP contribution in [0.4, 0.5) is 0 Å². The smallest absolute Gasteiger partial charge is 0.352 e. The number of allylic oxidation sites excluding steroid dienone is 1. The molecule has 1 aliphatic rings. The molecule has 6 nitrogen and oxygen atoms in total. The molecule has 1 heterocycles. The van der Waals surface area contributed by atoms with Crippen LogP contribution in [0.2, 0.25) is 0 Å². The lowest BCUT2D eigenvalue weighted by molar-refractivity contribution is -0.141. The summed E-state index contributed by atoms with van der Waals surface area (Å²) in [6.07, 6.45) is 0.117. The van der Waals surface area contributed by atoms with Gasteiger partial charge in [-0.1, -0.05) is 53.2 Å². The van der Waals surface area contributed by atoms with Gasteiger partial charge < -0.3 is 19.9 Å². The van der Waals surface area contributed by atoms with Gasteiger partial charge in [0.15, 0.2) is 6.10 Å². The van der Waals surface area contributed by atoms with Crippen molar-refractivity contribution in [2.75, 3.05) is 0 Å². The summed E-state index contributed by atoms with van der Waals surface area (Å²) in [6, 6.07) is 22.5. The average molecular weight is 519 g/mol.